The zero-order chi connectivity index (χ0) is 11.6. The summed E-state index contributed by atoms with van der Waals surface area (Å²) in [6, 6.07) is 0. The predicted molar refractivity (Wildman–Crippen MR) is 56.0 cm³/mol. The Kier molecular flexibility index (Phi) is 1.51. The Labute approximate surface area is 96.9 Å². The highest BCUT2D eigenvalue weighted by molar-refractivity contribution is 6.17. The fraction of sp³-hybridized carbons (Fsp3) is 0.455. The smallest absolute Gasteiger partial charge is 0.253 e. The SMILES string of the molecule is O=C1[C@@H]2[C@H](C(=O)N1n1cnnc1)[C@H]1C=C[C@H]2C1. The van der Waals surface area contributed by atoms with Gasteiger partial charge in [0.2, 0.25) is 0 Å². The van der Waals surface area contributed by atoms with Crippen molar-refractivity contribution in [3.63, 3.8) is 0 Å². The molecule has 2 aliphatic carbocycles. The summed E-state index contributed by atoms with van der Waals surface area (Å²) in [5, 5.41) is 8.45. The standard InChI is InChI=1S/C11H10N4O2/c16-10-8-6-1-2-7(3-6)9(8)11(17)15(10)14-4-12-13-5-14/h1-2,4-9H,3H2/t6-,7-,8-,9+/m0/s1. The molecule has 86 valence electrons. The number of hydrogen-bond acceptors (Lipinski definition) is 4. The molecule has 1 aromatic rings. The molecule has 2 bridgehead atoms. The minimum atomic E-state index is -0.167. The molecule has 3 aliphatic rings. The first-order chi connectivity index (χ1) is 8.27. The molecule has 17 heavy (non-hydrogen) atoms. The number of rotatable bonds is 1. The number of nitrogens with zero attached hydrogens (tertiary/aromatic N) is 4. The van der Waals surface area contributed by atoms with Crippen molar-refractivity contribution >= 4 is 11.8 Å². The van der Waals surface area contributed by atoms with Gasteiger partial charge in [-0.2, -0.15) is 5.01 Å². The molecule has 1 saturated heterocycles. The van der Waals surface area contributed by atoms with Crippen LogP contribution in [-0.2, 0) is 9.59 Å². The van der Waals surface area contributed by atoms with E-state index in [2.05, 4.69) is 22.3 Å². The van der Waals surface area contributed by atoms with E-state index in [-0.39, 0.29) is 35.5 Å². The van der Waals surface area contributed by atoms with E-state index < -0.39 is 0 Å². The summed E-state index contributed by atoms with van der Waals surface area (Å²) in [5.74, 6) is -0.0843. The van der Waals surface area contributed by atoms with Crippen LogP contribution in [0.4, 0.5) is 0 Å². The average Bonchev–Trinajstić information content (AvgIpc) is 3.03. The van der Waals surface area contributed by atoms with Crippen LogP contribution in [-0.4, -0.2) is 26.7 Å². The Balaban J connectivity index is 1.79. The quantitative estimate of drug-likeness (QED) is 0.491. The maximum Gasteiger partial charge on any atom is 0.253 e. The van der Waals surface area contributed by atoms with Crippen LogP contribution in [0.15, 0.2) is 24.8 Å². The normalized spacial score (nSPS) is 38.2. The van der Waals surface area contributed by atoms with Crippen molar-refractivity contribution in [2.45, 2.75) is 6.42 Å². The molecule has 1 aromatic heterocycles. The van der Waals surface area contributed by atoms with E-state index >= 15 is 0 Å². The zero-order valence-corrected chi connectivity index (χ0v) is 8.93. The molecule has 2 heterocycles. The summed E-state index contributed by atoms with van der Waals surface area (Å²) in [7, 11) is 0. The third-order valence-electron chi connectivity index (χ3n) is 4.08. The van der Waals surface area contributed by atoms with Crippen molar-refractivity contribution in [1.82, 2.24) is 14.9 Å². The predicted octanol–water partition coefficient (Wildman–Crippen LogP) is -0.279. The molecule has 0 spiro atoms. The molecule has 1 aliphatic heterocycles. The molecule has 6 heteroatoms. The number of aromatic nitrogens is 3. The van der Waals surface area contributed by atoms with Crippen molar-refractivity contribution in [2.24, 2.45) is 23.7 Å². The van der Waals surface area contributed by atoms with Gasteiger partial charge < -0.3 is 0 Å². The molecule has 2 fully saturated rings. The lowest BCUT2D eigenvalue weighted by molar-refractivity contribution is -0.125. The van der Waals surface area contributed by atoms with Crippen LogP contribution < -0.4 is 5.01 Å². The maximum absolute atomic E-state index is 12.3. The summed E-state index contributed by atoms with van der Waals surface area (Å²) in [6.45, 7) is 0. The molecule has 6 nitrogen and oxygen atoms in total. The van der Waals surface area contributed by atoms with E-state index in [1.54, 1.807) is 0 Å². The van der Waals surface area contributed by atoms with Gasteiger partial charge in [0.1, 0.15) is 12.7 Å². The van der Waals surface area contributed by atoms with Crippen molar-refractivity contribution in [3.8, 4) is 0 Å². The summed E-state index contributed by atoms with van der Waals surface area (Å²) in [4.78, 5) is 24.6. The van der Waals surface area contributed by atoms with E-state index in [1.165, 1.54) is 22.3 Å². The molecule has 1 saturated carbocycles. The van der Waals surface area contributed by atoms with Gasteiger partial charge in [0.25, 0.3) is 11.8 Å². The molecule has 4 rings (SSSR count). The van der Waals surface area contributed by atoms with Crippen LogP contribution in [0.1, 0.15) is 6.42 Å². The van der Waals surface area contributed by atoms with Crippen molar-refractivity contribution in [3.05, 3.63) is 24.8 Å². The number of hydrogen-bond donors (Lipinski definition) is 0. The molecular weight excluding hydrogens is 220 g/mol. The number of allylic oxidation sites excluding steroid dienone is 2. The van der Waals surface area contributed by atoms with Gasteiger partial charge in [0.15, 0.2) is 0 Å². The number of fused-ring (bicyclic) bond motifs is 5. The van der Waals surface area contributed by atoms with Crippen molar-refractivity contribution in [1.29, 1.82) is 0 Å². The molecule has 0 N–H and O–H groups in total. The second-order valence-corrected chi connectivity index (χ2v) is 4.83. The lowest BCUT2D eigenvalue weighted by atomic mass is 9.85. The molecule has 4 atom stereocenters. The Bertz CT molecular complexity index is 506. The summed E-state index contributed by atoms with van der Waals surface area (Å²) in [5.41, 5.74) is 0. The van der Waals surface area contributed by atoms with Crippen LogP contribution in [0.2, 0.25) is 0 Å². The van der Waals surface area contributed by atoms with Gasteiger partial charge in [0.05, 0.1) is 11.8 Å². The number of carbonyl (C=O) groups excluding carboxylic acids is 2. The first-order valence-corrected chi connectivity index (χ1v) is 5.68. The Hall–Kier alpha value is -1.98. The topological polar surface area (TPSA) is 68.1 Å². The number of amides is 2. The van der Waals surface area contributed by atoms with Gasteiger partial charge in [-0.05, 0) is 18.3 Å². The van der Waals surface area contributed by atoms with Crippen molar-refractivity contribution in [2.75, 3.05) is 5.01 Å². The minimum Gasteiger partial charge on any atom is -0.272 e. The highest BCUT2D eigenvalue weighted by atomic mass is 16.2. The third-order valence-corrected chi connectivity index (χ3v) is 4.08. The molecule has 0 unspecified atom stereocenters. The Morgan fingerprint density at radius 1 is 1.00 bits per heavy atom. The molecular formula is C11H10N4O2. The van der Waals surface area contributed by atoms with Crippen LogP contribution >= 0.6 is 0 Å². The van der Waals surface area contributed by atoms with Crippen LogP contribution in [0, 0.1) is 23.7 Å². The molecule has 0 aromatic carbocycles. The molecule has 2 amide bonds. The van der Waals surface area contributed by atoms with Gasteiger partial charge in [-0.15, -0.1) is 10.2 Å². The van der Waals surface area contributed by atoms with Crippen LogP contribution in [0.5, 0.6) is 0 Å². The first kappa shape index (κ1) is 9.09. The van der Waals surface area contributed by atoms with E-state index in [4.69, 9.17) is 0 Å². The largest absolute Gasteiger partial charge is 0.272 e. The van der Waals surface area contributed by atoms with E-state index in [0.717, 1.165) is 6.42 Å². The van der Waals surface area contributed by atoms with Crippen LogP contribution in [0.25, 0.3) is 0 Å². The van der Waals surface area contributed by atoms with E-state index in [1.807, 2.05) is 0 Å². The van der Waals surface area contributed by atoms with Crippen LogP contribution in [0.3, 0.4) is 0 Å². The van der Waals surface area contributed by atoms with Gasteiger partial charge in [-0.3, -0.25) is 9.59 Å². The van der Waals surface area contributed by atoms with E-state index in [0.29, 0.717) is 0 Å². The van der Waals surface area contributed by atoms with E-state index in [9.17, 15) is 9.59 Å². The second kappa shape index (κ2) is 2.82. The third kappa shape index (κ3) is 0.956. The fourth-order valence-corrected chi connectivity index (χ4v) is 3.41. The average molecular weight is 230 g/mol. The van der Waals surface area contributed by atoms with Gasteiger partial charge in [-0.1, -0.05) is 12.2 Å². The second-order valence-electron chi connectivity index (χ2n) is 4.83. The lowest BCUT2D eigenvalue weighted by Crippen LogP contribution is -2.41. The Morgan fingerprint density at radius 2 is 1.53 bits per heavy atom. The monoisotopic (exact) mass is 230 g/mol. The van der Waals surface area contributed by atoms with Gasteiger partial charge in [-0.25, -0.2) is 4.68 Å². The summed E-state index contributed by atoms with van der Waals surface area (Å²) >= 11 is 0. The Morgan fingerprint density at radius 3 is 2.06 bits per heavy atom. The summed E-state index contributed by atoms with van der Waals surface area (Å²) < 4.78 is 1.38. The molecule has 0 radical (unpaired) electrons. The van der Waals surface area contributed by atoms with Gasteiger partial charge >= 0.3 is 0 Å². The minimum absolute atomic E-state index is 0.114. The lowest BCUT2D eigenvalue weighted by Gasteiger charge is -2.16. The maximum atomic E-state index is 12.3. The highest BCUT2D eigenvalue weighted by Gasteiger charge is 2.60. The zero-order valence-electron chi connectivity index (χ0n) is 8.93. The first-order valence-electron chi connectivity index (χ1n) is 5.68. The van der Waals surface area contributed by atoms with Gasteiger partial charge in [0, 0.05) is 0 Å². The summed E-state index contributed by atoms with van der Waals surface area (Å²) in [6.07, 6.45) is 7.86. The fourth-order valence-electron chi connectivity index (χ4n) is 3.41. The number of imide groups is 1. The highest BCUT2D eigenvalue weighted by Crippen LogP contribution is 2.51. The van der Waals surface area contributed by atoms with Crippen molar-refractivity contribution < 1.29 is 9.59 Å². The number of carbonyl (C=O) groups is 2.